The fraction of sp³-hybridized carbons (Fsp3) is 0.727. The molecule has 2 unspecified atom stereocenters. The highest BCUT2D eigenvalue weighted by Gasteiger charge is 2.16. The first-order valence-corrected chi connectivity index (χ1v) is 6.62. The molecule has 0 aliphatic carbocycles. The second-order valence-corrected chi connectivity index (χ2v) is 4.86. The summed E-state index contributed by atoms with van der Waals surface area (Å²) in [6.07, 6.45) is -0.518. The zero-order valence-electron chi connectivity index (χ0n) is 10.8. The van der Waals surface area contributed by atoms with Gasteiger partial charge in [0.2, 0.25) is 0 Å². The summed E-state index contributed by atoms with van der Waals surface area (Å²) in [6.45, 7) is 4.00. The molecule has 0 spiro atoms. The van der Waals surface area contributed by atoms with E-state index in [4.69, 9.17) is 15.2 Å². The molecular formula is C11H19NO5S. The third kappa shape index (κ3) is 9.00. The molecule has 0 aromatic carbocycles. The van der Waals surface area contributed by atoms with Crippen LogP contribution in [0.3, 0.4) is 0 Å². The Hall–Kier alpha value is -1.08. The van der Waals surface area contributed by atoms with Crippen molar-refractivity contribution in [3.8, 4) is 0 Å². The number of Topliss-reactive ketones (excluding diaryl/α,β-unsaturated/α-hetero) is 1. The second-order valence-electron chi connectivity index (χ2n) is 3.79. The summed E-state index contributed by atoms with van der Waals surface area (Å²) >= 11 is 1.38. The number of esters is 2. The molecule has 0 rings (SSSR count). The zero-order valence-corrected chi connectivity index (χ0v) is 11.6. The maximum absolute atomic E-state index is 10.9. The molecule has 0 aromatic heterocycles. The Bertz CT molecular complexity index is 308. The molecule has 0 aliphatic heterocycles. The van der Waals surface area contributed by atoms with Crippen LogP contribution in [-0.2, 0) is 23.9 Å². The first-order chi connectivity index (χ1) is 8.32. The van der Waals surface area contributed by atoms with Crippen LogP contribution in [-0.4, -0.2) is 48.0 Å². The normalized spacial score (nSPS) is 13.6. The molecule has 2 N–H and O–H groups in total. The van der Waals surface area contributed by atoms with E-state index in [1.807, 2.05) is 0 Å². The molecular weight excluding hydrogens is 258 g/mol. The SMILES string of the molecule is CC(=O)OCC(CSCC(N)C(C)=O)OC(C)=O. The fourth-order valence-electron chi connectivity index (χ4n) is 1.00. The fourth-order valence-corrected chi connectivity index (χ4v) is 2.06. The van der Waals surface area contributed by atoms with Gasteiger partial charge in [0.25, 0.3) is 0 Å². The Morgan fingerprint density at radius 1 is 1.11 bits per heavy atom. The van der Waals surface area contributed by atoms with Crippen molar-refractivity contribution in [3.63, 3.8) is 0 Å². The number of ketones is 1. The molecule has 6 nitrogen and oxygen atoms in total. The average Bonchev–Trinajstić information content (AvgIpc) is 2.24. The Morgan fingerprint density at radius 3 is 2.17 bits per heavy atom. The van der Waals surface area contributed by atoms with E-state index in [9.17, 15) is 14.4 Å². The van der Waals surface area contributed by atoms with E-state index >= 15 is 0 Å². The van der Waals surface area contributed by atoms with Crippen molar-refractivity contribution >= 4 is 29.5 Å². The van der Waals surface area contributed by atoms with Gasteiger partial charge in [-0.05, 0) is 6.92 Å². The van der Waals surface area contributed by atoms with Crippen molar-refractivity contribution in [2.24, 2.45) is 5.73 Å². The highest BCUT2D eigenvalue weighted by Crippen LogP contribution is 2.08. The van der Waals surface area contributed by atoms with Gasteiger partial charge in [0.05, 0.1) is 6.04 Å². The van der Waals surface area contributed by atoms with Gasteiger partial charge in [-0.2, -0.15) is 11.8 Å². The van der Waals surface area contributed by atoms with E-state index < -0.39 is 24.1 Å². The molecule has 0 saturated carbocycles. The average molecular weight is 277 g/mol. The Morgan fingerprint density at radius 2 is 1.72 bits per heavy atom. The first-order valence-electron chi connectivity index (χ1n) is 5.47. The Kier molecular flexibility index (Phi) is 8.40. The van der Waals surface area contributed by atoms with E-state index in [0.29, 0.717) is 11.5 Å². The predicted molar refractivity (Wildman–Crippen MR) is 68.2 cm³/mol. The van der Waals surface area contributed by atoms with Crippen molar-refractivity contribution in [1.29, 1.82) is 0 Å². The minimum Gasteiger partial charge on any atom is -0.462 e. The van der Waals surface area contributed by atoms with Gasteiger partial charge in [-0.25, -0.2) is 0 Å². The van der Waals surface area contributed by atoms with Crippen molar-refractivity contribution in [3.05, 3.63) is 0 Å². The number of ether oxygens (including phenoxy) is 2. The molecule has 0 aliphatic rings. The number of thioether (sulfide) groups is 1. The lowest BCUT2D eigenvalue weighted by Crippen LogP contribution is -2.32. The molecule has 0 aromatic rings. The van der Waals surface area contributed by atoms with Crippen molar-refractivity contribution in [2.75, 3.05) is 18.1 Å². The summed E-state index contributed by atoms with van der Waals surface area (Å²) in [5.41, 5.74) is 5.56. The summed E-state index contributed by atoms with van der Waals surface area (Å²) in [5, 5.41) is 0. The van der Waals surface area contributed by atoms with E-state index in [1.165, 1.54) is 32.5 Å². The quantitative estimate of drug-likeness (QED) is 0.630. The van der Waals surface area contributed by atoms with Crippen LogP contribution in [0.25, 0.3) is 0 Å². The van der Waals surface area contributed by atoms with Gasteiger partial charge in [0.15, 0.2) is 0 Å². The highest BCUT2D eigenvalue weighted by atomic mass is 32.2. The number of carbonyl (C=O) groups excluding carboxylic acids is 3. The summed E-state index contributed by atoms with van der Waals surface area (Å²) in [4.78, 5) is 32.4. The van der Waals surface area contributed by atoms with Crippen LogP contribution in [0.15, 0.2) is 0 Å². The molecule has 0 radical (unpaired) electrons. The third-order valence-corrected chi connectivity index (χ3v) is 3.13. The molecule has 7 heteroatoms. The van der Waals surface area contributed by atoms with Crippen LogP contribution in [0.2, 0.25) is 0 Å². The maximum Gasteiger partial charge on any atom is 0.303 e. The number of hydrogen-bond donors (Lipinski definition) is 1. The molecule has 0 bridgehead atoms. The number of rotatable bonds is 8. The zero-order chi connectivity index (χ0) is 14.1. The van der Waals surface area contributed by atoms with E-state index in [1.54, 1.807) is 0 Å². The van der Waals surface area contributed by atoms with Gasteiger partial charge in [0, 0.05) is 25.4 Å². The Balaban J connectivity index is 4.03. The lowest BCUT2D eigenvalue weighted by molar-refractivity contribution is -0.154. The van der Waals surface area contributed by atoms with Crippen LogP contribution >= 0.6 is 11.8 Å². The van der Waals surface area contributed by atoms with Gasteiger partial charge < -0.3 is 15.2 Å². The number of carbonyl (C=O) groups is 3. The van der Waals surface area contributed by atoms with E-state index in [0.717, 1.165) is 0 Å². The molecule has 104 valence electrons. The summed E-state index contributed by atoms with van der Waals surface area (Å²) in [7, 11) is 0. The summed E-state index contributed by atoms with van der Waals surface area (Å²) < 4.78 is 9.76. The second kappa shape index (κ2) is 8.93. The monoisotopic (exact) mass is 277 g/mol. The van der Waals surface area contributed by atoms with Gasteiger partial charge in [-0.15, -0.1) is 0 Å². The first kappa shape index (κ1) is 16.9. The minimum atomic E-state index is -0.526. The number of hydrogen-bond acceptors (Lipinski definition) is 7. The van der Waals surface area contributed by atoms with Crippen LogP contribution < -0.4 is 5.73 Å². The maximum atomic E-state index is 10.9. The standard InChI is InChI=1S/C11H19NO5S/c1-7(13)11(12)6-18-5-10(17-9(3)15)4-16-8(2)14/h10-11H,4-6,12H2,1-3H3. The largest absolute Gasteiger partial charge is 0.462 e. The predicted octanol–water partition coefficient (Wildman–Crippen LogP) is 0.131. The van der Waals surface area contributed by atoms with Gasteiger partial charge in [-0.1, -0.05) is 0 Å². The molecule has 0 heterocycles. The highest BCUT2D eigenvalue weighted by molar-refractivity contribution is 7.99. The smallest absolute Gasteiger partial charge is 0.303 e. The third-order valence-electron chi connectivity index (χ3n) is 1.93. The molecule has 2 atom stereocenters. The van der Waals surface area contributed by atoms with Crippen molar-refractivity contribution < 1.29 is 23.9 Å². The molecule has 0 saturated heterocycles. The Labute approximate surface area is 111 Å². The van der Waals surface area contributed by atoms with Crippen LogP contribution in [0, 0.1) is 0 Å². The minimum absolute atomic E-state index is 0.0111. The van der Waals surface area contributed by atoms with Crippen LogP contribution in [0.1, 0.15) is 20.8 Å². The van der Waals surface area contributed by atoms with Gasteiger partial charge >= 0.3 is 11.9 Å². The molecule has 0 fully saturated rings. The van der Waals surface area contributed by atoms with Crippen LogP contribution in [0.4, 0.5) is 0 Å². The van der Waals surface area contributed by atoms with Crippen LogP contribution in [0.5, 0.6) is 0 Å². The number of nitrogens with two attached hydrogens (primary N) is 1. The topological polar surface area (TPSA) is 95.7 Å². The lowest BCUT2D eigenvalue weighted by atomic mass is 10.3. The van der Waals surface area contributed by atoms with Crippen molar-refractivity contribution in [1.82, 2.24) is 0 Å². The van der Waals surface area contributed by atoms with Gasteiger partial charge in [-0.3, -0.25) is 14.4 Å². The van der Waals surface area contributed by atoms with Gasteiger partial charge in [0.1, 0.15) is 18.5 Å². The summed E-state index contributed by atoms with van der Waals surface area (Å²) in [5.74, 6) is -0.103. The lowest BCUT2D eigenvalue weighted by Gasteiger charge is -2.17. The molecule has 0 amide bonds. The van der Waals surface area contributed by atoms with E-state index in [-0.39, 0.29) is 12.4 Å². The molecule has 18 heavy (non-hydrogen) atoms. The van der Waals surface area contributed by atoms with E-state index in [2.05, 4.69) is 0 Å². The summed E-state index contributed by atoms with van der Waals surface area (Å²) in [6, 6.07) is -0.526. The van der Waals surface area contributed by atoms with Crippen molar-refractivity contribution in [2.45, 2.75) is 32.9 Å².